The molecular weight excluding hydrogens is 322 g/mol. The van der Waals surface area contributed by atoms with Gasteiger partial charge in [0.05, 0.1) is 18.1 Å². The smallest absolute Gasteiger partial charge is 0.201 e. The van der Waals surface area contributed by atoms with Crippen LogP contribution in [0.5, 0.6) is 0 Å². The standard InChI is InChI=1S/C19H19NO3S/c1-13-2-4-14(5-3-13)15-6-11-24-19-16(21)12-17(23-18(15)19)20-7-9-22-10-8-20/h2-6,12H,7-11H2,1H3. The fourth-order valence-corrected chi connectivity index (χ4v) is 3.91. The average Bonchev–Trinajstić information content (AvgIpc) is 2.63. The van der Waals surface area contributed by atoms with Crippen LogP contribution in [0.1, 0.15) is 16.9 Å². The van der Waals surface area contributed by atoms with E-state index in [-0.39, 0.29) is 5.43 Å². The van der Waals surface area contributed by atoms with Crippen molar-refractivity contribution in [2.24, 2.45) is 0 Å². The zero-order chi connectivity index (χ0) is 16.5. The Balaban J connectivity index is 1.79. The zero-order valence-corrected chi connectivity index (χ0v) is 14.4. The van der Waals surface area contributed by atoms with Crippen LogP contribution >= 0.6 is 11.8 Å². The van der Waals surface area contributed by atoms with Crippen molar-refractivity contribution in [2.75, 3.05) is 37.0 Å². The molecule has 4 nitrogen and oxygen atoms in total. The summed E-state index contributed by atoms with van der Waals surface area (Å²) in [6.07, 6.45) is 2.14. The lowest BCUT2D eigenvalue weighted by Gasteiger charge is -2.28. The summed E-state index contributed by atoms with van der Waals surface area (Å²) in [6, 6.07) is 9.96. The van der Waals surface area contributed by atoms with Gasteiger partial charge in [0.1, 0.15) is 0 Å². The molecule has 2 aliphatic heterocycles. The Morgan fingerprint density at radius 2 is 1.88 bits per heavy atom. The van der Waals surface area contributed by atoms with Gasteiger partial charge in [-0.15, -0.1) is 11.8 Å². The summed E-state index contributed by atoms with van der Waals surface area (Å²) in [5, 5.41) is 0. The van der Waals surface area contributed by atoms with Gasteiger partial charge in [-0.25, -0.2) is 0 Å². The normalized spacial score (nSPS) is 17.4. The molecule has 0 bridgehead atoms. The minimum absolute atomic E-state index is 0.0421. The van der Waals surface area contributed by atoms with Crippen molar-refractivity contribution in [1.82, 2.24) is 0 Å². The van der Waals surface area contributed by atoms with E-state index in [1.807, 2.05) is 0 Å². The van der Waals surface area contributed by atoms with Gasteiger partial charge in [0.15, 0.2) is 11.6 Å². The van der Waals surface area contributed by atoms with E-state index < -0.39 is 0 Å². The van der Waals surface area contributed by atoms with Crippen LogP contribution in [0.4, 0.5) is 5.88 Å². The third kappa shape index (κ3) is 2.89. The van der Waals surface area contributed by atoms with Gasteiger partial charge in [-0.1, -0.05) is 35.9 Å². The summed E-state index contributed by atoms with van der Waals surface area (Å²) in [4.78, 5) is 15.4. The minimum atomic E-state index is 0.0421. The van der Waals surface area contributed by atoms with E-state index in [9.17, 15) is 4.79 Å². The lowest BCUT2D eigenvalue weighted by atomic mass is 10.0. The molecule has 1 aromatic carbocycles. The molecule has 1 fully saturated rings. The number of benzene rings is 1. The fraction of sp³-hybridized carbons (Fsp3) is 0.316. The van der Waals surface area contributed by atoms with Crippen LogP contribution in [-0.2, 0) is 4.74 Å². The molecule has 0 saturated carbocycles. The minimum Gasteiger partial charge on any atom is -0.439 e. The maximum Gasteiger partial charge on any atom is 0.201 e. The molecular formula is C19H19NO3S. The highest BCUT2D eigenvalue weighted by Gasteiger charge is 2.23. The number of hydrogen-bond acceptors (Lipinski definition) is 5. The number of fused-ring (bicyclic) bond motifs is 1. The van der Waals surface area contributed by atoms with E-state index in [4.69, 9.17) is 9.15 Å². The van der Waals surface area contributed by atoms with Crippen LogP contribution in [0.25, 0.3) is 5.57 Å². The summed E-state index contributed by atoms with van der Waals surface area (Å²) in [5.41, 5.74) is 3.36. The Morgan fingerprint density at radius 1 is 1.12 bits per heavy atom. The number of rotatable bonds is 2. The topological polar surface area (TPSA) is 42.7 Å². The first kappa shape index (κ1) is 15.5. The monoisotopic (exact) mass is 341 g/mol. The molecule has 2 aromatic rings. The summed E-state index contributed by atoms with van der Waals surface area (Å²) in [6.45, 7) is 4.89. The highest BCUT2D eigenvalue weighted by Crippen LogP contribution is 2.37. The van der Waals surface area contributed by atoms with Crippen molar-refractivity contribution in [3.63, 3.8) is 0 Å². The van der Waals surface area contributed by atoms with E-state index in [0.717, 1.165) is 30.0 Å². The van der Waals surface area contributed by atoms with E-state index in [2.05, 4.69) is 42.2 Å². The number of anilines is 1. The van der Waals surface area contributed by atoms with Crippen molar-refractivity contribution in [2.45, 2.75) is 11.8 Å². The van der Waals surface area contributed by atoms with Crippen LogP contribution in [0, 0.1) is 6.92 Å². The van der Waals surface area contributed by atoms with Crippen LogP contribution in [-0.4, -0.2) is 32.1 Å². The second kappa shape index (κ2) is 6.49. The average molecular weight is 341 g/mol. The van der Waals surface area contributed by atoms with E-state index in [0.29, 0.717) is 29.8 Å². The second-order valence-electron chi connectivity index (χ2n) is 6.00. The molecule has 4 rings (SSSR count). The number of aryl methyl sites for hydroxylation is 1. The quantitative estimate of drug-likeness (QED) is 0.838. The lowest BCUT2D eigenvalue weighted by molar-refractivity contribution is 0.120. The van der Waals surface area contributed by atoms with Crippen LogP contribution in [0.3, 0.4) is 0 Å². The summed E-state index contributed by atoms with van der Waals surface area (Å²) in [5.74, 6) is 2.13. The Bertz CT molecular complexity index is 833. The number of ether oxygens (including phenoxy) is 1. The Labute approximate surface area is 145 Å². The Morgan fingerprint density at radius 3 is 2.62 bits per heavy atom. The first-order valence-corrected chi connectivity index (χ1v) is 9.12. The maximum atomic E-state index is 12.6. The molecule has 1 aromatic heterocycles. The molecule has 1 saturated heterocycles. The molecule has 0 aliphatic carbocycles. The van der Waals surface area contributed by atoms with Crippen molar-refractivity contribution in [3.8, 4) is 0 Å². The van der Waals surface area contributed by atoms with E-state index >= 15 is 0 Å². The van der Waals surface area contributed by atoms with Crippen molar-refractivity contribution in [1.29, 1.82) is 0 Å². The maximum absolute atomic E-state index is 12.6. The predicted octanol–water partition coefficient (Wildman–Crippen LogP) is 3.32. The van der Waals surface area contributed by atoms with Gasteiger partial charge < -0.3 is 14.1 Å². The Kier molecular flexibility index (Phi) is 4.21. The first-order valence-electron chi connectivity index (χ1n) is 8.13. The van der Waals surface area contributed by atoms with Gasteiger partial charge in [-0.05, 0) is 12.5 Å². The molecule has 0 unspecified atom stereocenters. The molecule has 5 heteroatoms. The molecule has 0 atom stereocenters. The van der Waals surface area contributed by atoms with Crippen molar-refractivity contribution >= 4 is 23.2 Å². The number of hydrogen-bond donors (Lipinski definition) is 0. The predicted molar refractivity (Wildman–Crippen MR) is 97.0 cm³/mol. The van der Waals surface area contributed by atoms with Crippen molar-refractivity contribution in [3.05, 3.63) is 63.5 Å². The molecule has 0 spiro atoms. The lowest BCUT2D eigenvalue weighted by Crippen LogP contribution is -2.36. The highest BCUT2D eigenvalue weighted by molar-refractivity contribution is 7.99. The highest BCUT2D eigenvalue weighted by atomic mass is 32.2. The first-order chi connectivity index (χ1) is 11.7. The van der Waals surface area contributed by atoms with Gasteiger partial charge in [-0.3, -0.25) is 4.79 Å². The van der Waals surface area contributed by atoms with Crippen LogP contribution in [0.2, 0.25) is 0 Å². The molecule has 3 heterocycles. The summed E-state index contributed by atoms with van der Waals surface area (Å²) < 4.78 is 11.6. The number of morpholine rings is 1. The second-order valence-corrected chi connectivity index (χ2v) is 7.03. The Hall–Kier alpha value is -1.98. The summed E-state index contributed by atoms with van der Waals surface area (Å²) >= 11 is 1.55. The molecule has 0 N–H and O–H groups in total. The van der Waals surface area contributed by atoms with Gasteiger partial charge in [0, 0.05) is 30.5 Å². The molecule has 124 valence electrons. The molecule has 0 amide bonds. The fourth-order valence-electron chi connectivity index (χ4n) is 3.01. The van der Waals surface area contributed by atoms with Crippen molar-refractivity contribution < 1.29 is 9.15 Å². The molecule has 24 heavy (non-hydrogen) atoms. The van der Waals surface area contributed by atoms with Crippen LogP contribution < -0.4 is 10.3 Å². The van der Waals surface area contributed by atoms with Gasteiger partial charge >= 0.3 is 0 Å². The molecule has 2 aliphatic rings. The van der Waals surface area contributed by atoms with Crippen LogP contribution in [0.15, 0.2) is 50.5 Å². The van der Waals surface area contributed by atoms with Gasteiger partial charge in [-0.2, -0.15) is 0 Å². The number of nitrogens with zero attached hydrogens (tertiary/aromatic N) is 1. The third-order valence-electron chi connectivity index (χ3n) is 4.34. The van der Waals surface area contributed by atoms with Gasteiger partial charge in [0.2, 0.25) is 5.43 Å². The van der Waals surface area contributed by atoms with E-state index in [1.54, 1.807) is 17.8 Å². The third-order valence-corrected chi connectivity index (χ3v) is 5.34. The zero-order valence-electron chi connectivity index (χ0n) is 13.6. The summed E-state index contributed by atoms with van der Waals surface area (Å²) in [7, 11) is 0. The largest absolute Gasteiger partial charge is 0.439 e. The number of thioether (sulfide) groups is 1. The molecule has 0 radical (unpaired) electrons. The van der Waals surface area contributed by atoms with Gasteiger partial charge in [0.25, 0.3) is 0 Å². The van der Waals surface area contributed by atoms with E-state index in [1.165, 1.54) is 5.56 Å². The SMILES string of the molecule is Cc1ccc(C2=CCSc3c2oc(N2CCOCC2)cc3=O)cc1.